The van der Waals surface area contributed by atoms with Crippen molar-refractivity contribution in [2.45, 2.75) is 115 Å². The second kappa shape index (κ2) is 8.30. The van der Waals surface area contributed by atoms with E-state index < -0.39 is 0 Å². The molecule has 2 saturated heterocycles. The van der Waals surface area contributed by atoms with Gasteiger partial charge in [0.25, 0.3) is 0 Å². The smallest absolute Gasteiger partial charge is 0.0161 e. The third kappa shape index (κ3) is 4.00. The minimum atomic E-state index is 0.162. The van der Waals surface area contributed by atoms with Crippen LogP contribution >= 0.6 is 0 Å². The average molecular weight is 485 g/mol. The quantitative estimate of drug-likeness (QED) is 0.336. The molecule has 0 spiro atoms. The molecule has 0 N–H and O–H groups in total. The molecule has 2 heteroatoms. The molecule has 36 heavy (non-hydrogen) atoms. The van der Waals surface area contributed by atoms with E-state index in [0.717, 1.165) is 0 Å². The van der Waals surface area contributed by atoms with Gasteiger partial charge in [0.05, 0.1) is 0 Å². The first kappa shape index (κ1) is 25.7. The summed E-state index contributed by atoms with van der Waals surface area (Å²) in [6.07, 6.45) is 4.76. The highest BCUT2D eigenvalue weighted by molar-refractivity contribution is 6.06. The molecule has 194 valence electrons. The van der Waals surface area contributed by atoms with E-state index in [2.05, 4.69) is 128 Å². The molecule has 3 aromatic carbocycles. The van der Waals surface area contributed by atoms with E-state index in [1.54, 1.807) is 11.1 Å². The molecule has 2 heterocycles. The number of fused-ring (bicyclic) bond motifs is 2. The maximum absolute atomic E-state index is 2.61. The topological polar surface area (TPSA) is 6.48 Å². The van der Waals surface area contributed by atoms with Gasteiger partial charge in [0.2, 0.25) is 0 Å². The molecule has 0 saturated carbocycles. The van der Waals surface area contributed by atoms with Crippen LogP contribution in [0.1, 0.15) is 104 Å². The molecular formula is C34H48N2. The summed E-state index contributed by atoms with van der Waals surface area (Å²) in [7, 11) is 4.64. The Morgan fingerprint density at radius 3 is 0.917 bits per heavy atom. The first-order valence-electron chi connectivity index (χ1n) is 14.1. The van der Waals surface area contributed by atoms with Crippen molar-refractivity contribution in [1.82, 2.24) is 9.80 Å². The van der Waals surface area contributed by atoms with E-state index in [-0.39, 0.29) is 22.2 Å². The molecule has 0 bridgehead atoms. The van der Waals surface area contributed by atoms with Gasteiger partial charge in [-0.3, -0.25) is 9.80 Å². The number of hydrogen-bond acceptors (Lipinski definition) is 2. The summed E-state index contributed by atoms with van der Waals surface area (Å²) < 4.78 is 0. The van der Waals surface area contributed by atoms with E-state index in [1.165, 1.54) is 47.2 Å². The summed E-state index contributed by atoms with van der Waals surface area (Å²) in [6.45, 7) is 19.5. The normalized spacial score (nSPS) is 24.9. The Bertz CT molecular complexity index is 1100. The lowest BCUT2D eigenvalue weighted by Gasteiger charge is -2.54. The highest BCUT2D eigenvalue weighted by Crippen LogP contribution is 2.52. The van der Waals surface area contributed by atoms with Gasteiger partial charge in [-0.2, -0.15) is 0 Å². The highest BCUT2D eigenvalue weighted by atomic mass is 15.2. The second-order valence-corrected chi connectivity index (χ2v) is 14.5. The molecule has 3 aromatic rings. The third-order valence-corrected chi connectivity index (χ3v) is 10.4. The van der Waals surface area contributed by atoms with Gasteiger partial charge in [-0.05, 0) is 140 Å². The molecule has 2 fully saturated rings. The van der Waals surface area contributed by atoms with Crippen LogP contribution in [0.15, 0.2) is 48.5 Å². The van der Waals surface area contributed by atoms with Gasteiger partial charge in [0, 0.05) is 22.2 Å². The van der Waals surface area contributed by atoms with Gasteiger partial charge in [-0.25, -0.2) is 0 Å². The predicted octanol–water partition coefficient (Wildman–Crippen LogP) is 8.73. The van der Waals surface area contributed by atoms with Crippen LogP contribution in [-0.4, -0.2) is 46.1 Å². The lowest BCUT2D eigenvalue weighted by atomic mass is 9.67. The summed E-state index contributed by atoms with van der Waals surface area (Å²) in [5.41, 5.74) is 3.83. The summed E-state index contributed by atoms with van der Waals surface area (Å²) in [5.74, 6) is 1.08. The van der Waals surface area contributed by atoms with Crippen LogP contribution in [0.2, 0.25) is 0 Å². The van der Waals surface area contributed by atoms with Crippen LogP contribution in [0.4, 0.5) is 0 Å². The van der Waals surface area contributed by atoms with Crippen molar-refractivity contribution >= 4 is 21.5 Å². The fourth-order valence-corrected chi connectivity index (χ4v) is 8.23. The number of hydrogen-bond donors (Lipinski definition) is 0. The first-order valence-corrected chi connectivity index (χ1v) is 14.1. The Hall–Kier alpha value is -1.90. The van der Waals surface area contributed by atoms with E-state index in [9.17, 15) is 0 Å². The zero-order valence-electron chi connectivity index (χ0n) is 24.5. The summed E-state index contributed by atoms with van der Waals surface area (Å²) in [5, 5.41) is 5.95. The summed E-state index contributed by atoms with van der Waals surface area (Å²) in [6, 6.07) is 18.7. The molecule has 2 aliphatic heterocycles. The van der Waals surface area contributed by atoms with Crippen LogP contribution in [-0.2, 0) is 0 Å². The molecule has 0 aliphatic carbocycles. The van der Waals surface area contributed by atoms with Crippen molar-refractivity contribution in [2.24, 2.45) is 0 Å². The Morgan fingerprint density at radius 2 is 0.694 bits per heavy atom. The van der Waals surface area contributed by atoms with E-state index in [0.29, 0.717) is 11.8 Å². The van der Waals surface area contributed by atoms with Crippen molar-refractivity contribution in [3.8, 4) is 0 Å². The summed E-state index contributed by atoms with van der Waals surface area (Å²) in [4.78, 5) is 5.22. The second-order valence-electron chi connectivity index (χ2n) is 14.5. The zero-order valence-corrected chi connectivity index (χ0v) is 24.5. The molecule has 2 aliphatic rings. The number of rotatable bonds is 2. The van der Waals surface area contributed by atoms with Crippen molar-refractivity contribution in [2.75, 3.05) is 14.1 Å². The maximum atomic E-state index is 2.61. The van der Waals surface area contributed by atoms with Crippen LogP contribution in [0.3, 0.4) is 0 Å². The van der Waals surface area contributed by atoms with Crippen LogP contribution in [0.5, 0.6) is 0 Å². The van der Waals surface area contributed by atoms with Gasteiger partial charge in [-0.15, -0.1) is 0 Å². The molecule has 0 atom stereocenters. The molecule has 0 amide bonds. The molecule has 0 unspecified atom stereocenters. The van der Waals surface area contributed by atoms with Crippen molar-refractivity contribution in [3.63, 3.8) is 0 Å². The lowest BCUT2D eigenvalue weighted by Crippen LogP contribution is -2.58. The Balaban J connectivity index is 1.77. The molecule has 2 nitrogen and oxygen atoms in total. The number of piperidine rings is 2. The van der Waals surface area contributed by atoms with Crippen LogP contribution in [0, 0.1) is 0 Å². The first-order chi connectivity index (χ1) is 16.7. The Kier molecular flexibility index (Phi) is 5.93. The van der Waals surface area contributed by atoms with E-state index >= 15 is 0 Å². The van der Waals surface area contributed by atoms with Gasteiger partial charge in [-0.1, -0.05) is 48.5 Å². The van der Waals surface area contributed by atoms with E-state index in [1.807, 2.05) is 0 Å². The SMILES string of the molecule is CN1C(C)(C)CC(c2c3ccccc3c(C3CC(C)(C)N(C)C(C)(C)C3)c3ccccc23)CC1(C)C. The minimum Gasteiger partial charge on any atom is -0.296 e. The van der Waals surface area contributed by atoms with E-state index in [4.69, 9.17) is 0 Å². The van der Waals surface area contributed by atoms with Gasteiger partial charge in [0.15, 0.2) is 0 Å². The van der Waals surface area contributed by atoms with Gasteiger partial charge >= 0.3 is 0 Å². The van der Waals surface area contributed by atoms with Crippen LogP contribution in [0.25, 0.3) is 21.5 Å². The average Bonchev–Trinajstić information content (AvgIpc) is 2.78. The zero-order chi connectivity index (χ0) is 26.3. The minimum absolute atomic E-state index is 0.162. The van der Waals surface area contributed by atoms with Crippen molar-refractivity contribution in [1.29, 1.82) is 0 Å². The molecule has 0 aromatic heterocycles. The maximum Gasteiger partial charge on any atom is 0.0161 e. The van der Waals surface area contributed by atoms with Crippen molar-refractivity contribution < 1.29 is 0 Å². The number of benzene rings is 3. The molecule has 0 radical (unpaired) electrons. The standard InChI is InChI=1S/C34H48N2/c1-31(2)19-23(20-32(3,4)35(31)9)29-25-15-11-13-17-27(25)30(28-18-14-12-16-26(28)29)24-21-33(5,6)36(10)34(7,8)22-24/h11-18,23-24H,19-22H2,1-10H3. The largest absolute Gasteiger partial charge is 0.296 e. The number of nitrogens with zero attached hydrogens (tertiary/aromatic N) is 2. The predicted molar refractivity (Wildman–Crippen MR) is 157 cm³/mol. The van der Waals surface area contributed by atoms with Crippen LogP contribution < -0.4 is 0 Å². The molecule has 5 rings (SSSR count). The Labute approximate surface area is 220 Å². The van der Waals surface area contributed by atoms with Crippen molar-refractivity contribution in [3.05, 3.63) is 59.7 Å². The lowest BCUT2D eigenvalue weighted by molar-refractivity contribution is -0.0129. The fraction of sp³-hybridized carbons (Fsp3) is 0.588. The Morgan fingerprint density at radius 1 is 0.472 bits per heavy atom. The fourth-order valence-electron chi connectivity index (χ4n) is 8.23. The third-order valence-electron chi connectivity index (χ3n) is 10.4. The van der Waals surface area contributed by atoms with Gasteiger partial charge in [0.1, 0.15) is 0 Å². The monoisotopic (exact) mass is 484 g/mol. The highest BCUT2D eigenvalue weighted by Gasteiger charge is 2.46. The van der Waals surface area contributed by atoms with Gasteiger partial charge < -0.3 is 0 Å². The molecular weight excluding hydrogens is 436 g/mol. The summed E-state index contributed by atoms with van der Waals surface area (Å²) >= 11 is 0. The number of likely N-dealkylation sites (tertiary alicyclic amines) is 2.